The van der Waals surface area contributed by atoms with Gasteiger partial charge in [-0.1, -0.05) is 0 Å². The Labute approximate surface area is 94.1 Å². The lowest BCUT2D eigenvalue weighted by atomic mass is 10.0. The maximum atomic E-state index is 9.43. The van der Waals surface area contributed by atoms with E-state index >= 15 is 0 Å². The molecule has 1 N–H and O–H groups in total. The number of nitrogens with zero attached hydrogens (tertiary/aromatic N) is 2. The zero-order valence-corrected chi connectivity index (χ0v) is 10.8. The predicted octanol–water partition coefficient (Wildman–Crippen LogP) is 1.17. The average molecular weight is 214 g/mol. The normalized spacial score (nSPS) is 30.4. The third kappa shape index (κ3) is 2.92. The lowest BCUT2D eigenvalue weighted by Gasteiger charge is -2.48. The van der Waals surface area contributed by atoms with Crippen LogP contribution in [-0.2, 0) is 0 Å². The van der Waals surface area contributed by atoms with Crippen LogP contribution in [0, 0.1) is 0 Å². The second kappa shape index (κ2) is 5.28. The molecule has 0 saturated carbocycles. The summed E-state index contributed by atoms with van der Waals surface area (Å²) in [6.07, 6.45) is 0. The summed E-state index contributed by atoms with van der Waals surface area (Å²) in [6, 6.07) is 2.00. The summed E-state index contributed by atoms with van der Waals surface area (Å²) < 4.78 is 0. The molecule has 0 unspecified atom stereocenters. The number of aliphatic hydroxyl groups excluding tert-OH is 1. The number of rotatable bonds is 3. The monoisotopic (exact) mass is 214 g/mol. The fourth-order valence-electron chi connectivity index (χ4n) is 2.60. The van der Waals surface area contributed by atoms with Gasteiger partial charge in [0.1, 0.15) is 0 Å². The average Bonchev–Trinajstić information content (AvgIpc) is 2.16. The lowest BCUT2D eigenvalue weighted by Crippen LogP contribution is -2.61. The van der Waals surface area contributed by atoms with Crippen molar-refractivity contribution in [3.63, 3.8) is 0 Å². The first kappa shape index (κ1) is 12.9. The van der Waals surface area contributed by atoms with E-state index in [0.29, 0.717) is 24.2 Å². The van der Waals surface area contributed by atoms with Crippen molar-refractivity contribution < 1.29 is 5.11 Å². The largest absolute Gasteiger partial charge is 0.395 e. The minimum Gasteiger partial charge on any atom is -0.395 e. The molecule has 3 heteroatoms. The molecule has 1 aliphatic heterocycles. The number of piperazine rings is 1. The molecule has 1 rings (SSSR count). The summed E-state index contributed by atoms with van der Waals surface area (Å²) in [6.45, 7) is 13.5. The standard InChI is InChI=1S/C12H26N2O/c1-9(2)13-7-12(8-15)14(10(3)4)6-11(13)5/h9-12,15H,6-8H2,1-5H3/t11-,12-/m0/s1. The summed E-state index contributed by atoms with van der Waals surface area (Å²) >= 11 is 0. The van der Waals surface area contributed by atoms with Gasteiger partial charge in [-0.3, -0.25) is 9.80 Å². The summed E-state index contributed by atoms with van der Waals surface area (Å²) in [5, 5.41) is 9.43. The van der Waals surface area contributed by atoms with Crippen LogP contribution in [0.25, 0.3) is 0 Å². The van der Waals surface area contributed by atoms with Crippen LogP contribution in [0.3, 0.4) is 0 Å². The third-order valence-electron chi connectivity index (χ3n) is 3.47. The van der Waals surface area contributed by atoms with Crippen LogP contribution in [0.15, 0.2) is 0 Å². The molecule has 90 valence electrons. The van der Waals surface area contributed by atoms with Crippen LogP contribution in [0.1, 0.15) is 34.6 Å². The number of hydrogen-bond donors (Lipinski definition) is 1. The number of hydrogen-bond acceptors (Lipinski definition) is 3. The Hall–Kier alpha value is -0.120. The second-order valence-corrected chi connectivity index (χ2v) is 5.27. The van der Waals surface area contributed by atoms with Gasteiger partial charge in [-0.25, -0.2) is 0 Å². The van der Waals surface area contributed by atoms with E-state index in [-0.39, 0.29) is 6.61 Å². The molecule has 0 amide bonds. The van der Waals surface area contributed by atoms with Gasteiger partial charge in [0.2, 0.25) is 0 Å². The highest BCUT2D eigenvalue weighted by atomic mass is 16.3. The summed E-state index contributed by atoms with van der Waals surface area (Å²) in [5.74, 6) is 0. The maximum absolute atomic E-state index is 9.43. The Kier molecular flexibility index (Phi) is 4.56. The van der Waals surface area contributed by atoms with E-state index in [1.165, 1.54) is 0 Å². The van der Waals surface area contributed by atoms with Crippen molar-refractivity contribution in [3.8, 4) is 0 Å². The van der Waals surface area contributed by atoms with Crippen molar-refractivity contribution in [1.29, 1.82) is 0 Å². The fourth-order valence-corrected chi connectivity index (χ4v) is 2.60. The highest BCUT2D eigenvalue weighted by molar-refractivity contribution is 4.89. The fraction of sp³-hybridized carbons (Fsp3) is 1.00. The Morgan fingerprint density at radius 1 is 1.07 bits per heavy atom. The molecule has 0 aromatic carbocycles. The van der Waals surface area contributed by atoms with Crippen LogP contribution in [0.2, 0.25) is 0 Å². The van der Waals surface area contributed by atoms with Gasteiger partial charge in [0.25, 0.3) is 0 Å². The second-order valence-electron chi connectivity index (χ2n) is 5.27. The van der Waals surface area contributed by atoms with Crippen LogP contribution in [-0.4, -0.2) is 58.8 Å². The highest BCUT2D eigenvalue weighted by Crippen LogP contribution is 2.19. The minimum atomic E-state index is 0.272. The van der Waals surface area contributed by atoms with E-state index < -0.39 is 0 Å². The van der Waals surface area contributed by atoms with Crippen molar-refractivity contribution in [2.45, 2.75) is 58.8 Å². The van der Waals surface area contributed by atoms with Crippen molar-refractivity contribution in [1.82, 2.24) is 9.80 Å². The van der Waals surface area contributed by atoms with Crippen LogP contribution in [0.5, 0.6) is 0 Å². The molecular weight excluding hydrogens is 188 g/mol. The van der Waals surface area contributed by atoms with Gasteiger partial charge in [0.05, 0.1) is 6.61 Å². The quantitative estimate of drug-likeness (QED) is 0.764. The molecular formula is C12H26N2O. The molecule has 0 spiro atoms. The van der Waals surface area contributed by atoms with E-state index in [1.807, 2.05) is 0 Å². The topological polar surface area (TPSA) is 26.7 Å². The molecule has 2 atom stereocenters. The van der Waals surface area contributed by atoms with Gasteiger partial charge in [0, 0.05) is 37.3 Å². The molecule has 0 aliphatic carbocycles. The molecule has 1 heterocycles. The first-order valence-corrected chi connectivity index (χ1v) is 6.09. The van der Waals surface area contributed by atoms with Crippen LogP contribution in [0.4, 0.5) is 0 Å². The number of aliphatic hydroxyl groups is 1. The van der Waals surface area contributed by atoms with Crippen LogP contribution >= 0.6 is 0 Å². The zero-order chi connectivity index (χ0) is 11.6. The molecule has 1 aliphatic rings. The molecule has 0 aromatic rings. The Balaban J connectivity index is 2.68. The minimum absolute atomic E-state index is 0.272. The Bertz CT molecular complexity index is 194. The third-order valence-corrected chi connectivity index (χ3v) is 3.47. The van der Waals surface area contributed by atoms with E-state index in [4.69, 9.17) is 0 Å². The Morgan fingerprint density at radius 3 is 2.00 bits per heavy atom. The van der Waals surface area contributed by atoms with E-state index in [1.54, 1.807) is 0 Å². The smallest absolute Gasteiger partial charge is 0.0599 e. The van der Waals surface area contributed by atoms with Gasteiger partial charge in [0.15, 0.2) is 0 Å². The first-order valence-electron chi connectivity index (χ1n) is 6.09. The summed E-state index contributed by atoms with van der Waals surface area (Å²) in [5.41, 5.74) is 0. The summed E-state index contributed by atoms with van der Waals surface area (Å²) in [4.78, 5) is 4.91. The van der Waals surface area contributed by atoms with Crippen molar-refractivity contribution >= 4 is 0 Å². The first-order chi connectivity index (χ1) is 6.97. The zero-order valence-electron chi connectivity index (χ0n) is 10.8. The van der Waals surface area contributed by atoms with E-state index in [2.05, 4.69) is 44.4 Å². The molecule has 0 bridgehead atoms. The van der Waals surface area contributed by atoms with Crippen molar-refractivity contribution in [3.05, 3.63) is 0 Å². The molecule has 0 aromatic heterocycles. The van der Waals surface area contributed by atoms with E-state index in [0.717, 1.165) is 13.1 Å². The van der Waals surface area contributed by atoms with Gasteiger partial charge in [-0.2, -0.15) is 0 Å². The lowest BCUT2D eigenvalue weighted by molar-refractivity contribution is -0.0200. The van der Waals surface area contributed by atoms with Crippen molar-refractivity contribution in [2.24, 2.45) is 0 Å². The Morgan fingerprint density at radius 2 is 1.60 bits per heavy atom. The van der Waals surface area contributed by atoms with Gasteiger partial charge >= 0.3 is 0 Å². The SMILES string of the molecule is CC(C)N1C[C@H](C)N(C(C)C)C[C@H]1CO. The van der Waals surface area contributed by atoms with Crippen molar-refractivity contribution in [2.75, 3.05) is 19.7 Å². The molecule has 0 radical (unpaired) electrons. The predicted molar refractivity (Wildman–Crippen MR) is 64.0 cm³/mol. The van der Waals surface area contributed by atoms with Gasteiger partial charge < -0.3 is 5.11 Å². The van der Waals surface area contributed by atoms with Gasteiger partial charge in [-0.05, 0) is 34.6 Å². The molecule has 1 saturated heterocycles. The van der Waals surface area contributed by atoms with E-state index in [9.17, 15) is 5.11 Å². The summed E-state index contributed by atoms with van der Waals surface area (Å²) in [7, 11) is 0. The highest BCUT2D eigenvalue weighted by Gasteiger charge is 2.33. The molecule has 3 nitrogen and oxygen atoms in total. The van der Waals surface area contributed by atoms with Gasteiger partial charge in [-0.15, -0.1) is 0 Å². The maximum Gasteiger partial charge on any atom is 0.0599 e. The van der Waals surface area contributed by atoms with Crippen LogP contribution < -0.4 is 0 Å². The molecule has 15 heavy (non-hydrogen) atoms. The molecule has 1 fully saturated rings.